The summed E-state index contributed by atoms with van der Waals surface area (Å²) >= 11 is 5.67. The van der Waals surface area contributed by atoms with Gasteiger partial charge in [0.05, 0.1) is 10.5 Å². The molecule has 0 amide bonds. The van der Waals surface area contributed by atoms with E-state index < -0.39 is 4.92 Å². The fourth-order valence-electron chi connectivity index (χ4n) is 1.05. The third kappa shape index (κ3) is 2.57. The highest BCUT2D eigenvalue weighted by Crippen LogP contribution is 2.24. The molecule has 0 bridgehead atoms. The minimum absolute atomic E-state index is 0.135. The number of rotatable bonds is 2. The Hall–Kier alpha value is -2.37. The first-order chi connectivity index (χ1) is 7.58. The van der Waals surface area contributed by atoms with E-state index >= 15 is 0 Å². The molecule has 1 aromatic rings. The van der Waals surface area contributed by atoms with Crippen LogP contribution in [0.2, 0.25) is 5.02 Å². The second kappa shape index (κ2) is 4.92. The van der Waals surface area contributed by atoms with Crippen LogP contribution in [0.5, 0.6) is 0 Å². The van der Waals surface area contributed by atoms with Gasteiger partial charge < -0.3 is 0 Å². The molecule has 0 N–H and O–H groups in total. The molecule has 0 aliphatic rings. The quantitative estimate of drug-likeness (QED) is 0.446. The van der Waals surface area contributed by atoms with Crippen LogP contribution in [0.4, 0.5) is 5.69 Å². The van der Waals surface area contributed by atoms with Crippen molar-refractivity contribution >= 4 is 23.4 Å². The Morgan fingerprint density at radius 2 is 2.06 bits per heavy atom. The summed E-state index contributed by atoms with van der Waals surface area (Å²) in [5.74, 6) is 0. The third-order valence-electron chi connectivity index (χ3n) is 1.73. The molecule has 0 heterocycles. The molecule has 0 aliphatic heterocycles. The van der Waals surface area contributed by atoms with E-state index in [2.05, 4.69) is 0 Å². The Morgan fingerprint density at radius 1 is 1.44 bits per heavy atom. The number of nitro benzene ring substituents is 1. The molecule has 0 aliphatic carbocycles. The first-order valence-electron chi connectivity index (χ1n) is 4.04. The van der Waals surface area contributed by atoms with Crippen molar-refractivity contribution in [3.05, 3.63) is 44.5 Å². The van der Waals surface area contributed by atoms with E-state index in [4.69, 9.17) is 22.1 Å². The topological polar surface area (TPSA) is 90.7 Å². The maximum Gasteiger partial charge on any atom is 0.276 e. The average Bonchev–Trinajstić information content (AvgIpc) is 2.25. The maximum atomic E-state index is 10.7. The van der Waals surface area contributed by atoms with Gasteiger partial charge in [0.15, 0.2) is 0 Å². The SMILES string of the molecule is N#CC(C#N)=Cc1cc(Cl)ccc1[N+](=O)[O-]. The van der Waals surface area contributed by atoms with Gasteiger partial charge in [0.25, 0.3) is 5.69 Å². The Labute approximate surface area is 95.9 Å². The van der Waals surface area contributed by atoms with Gasteiger partial charge in [-0.25, -0.2) is 0 Å². The molecule has 0 saturated heterocycles. The molecule has 0 saturated carbocycles. The van der Waals surface area contributed by atoms with E-state index in [0.29, 0.717) is 5.02 Å². The Balaban J connectivity index is 3.39. The number of nitriles is 2. The summed E-state index contributed by atoms with van der Waals surface area (Å²) < 4.78 is 0. The van der Waals surface area contributed by atoms with Crippen molar-refractivity contribution in [1.29, 1.82) is 10.5 Å². The fourth-order valence-corrected chi connectivity index (χ4v) is 1.23. The average molecular weight is 234 g/mol. The lowest BCUT2D eigenvalue weighted by atomic mass is 10.1. The lowest BCUT2D eigenvalue weighted by Gasteiger charge is -1.97. The van der Waals surface area contributed by atoms with Gasteiger partial charge in [0.1, 0.15) is 17.7 Å². The van der Waals surface area contributed by atoms with Crippen molar-refractivity contribution in [2.45, 2.75) is 0 Å². The number of hydrogen-bond donors (Lipinski definition) is 0. The number of hydrogen-bond acceptors (Lipinski definition) is 4. The van der Waals surface area contributed by atoms with Crippen LogP contribution in [0.15, 0.2) is 23.8 Å². The summed E-state index contributed by atoms with van der Waals surface area (Å²) in [5.41, 5.74) is -0.284. The molecule has 1 rings (SSSR count). The second-order valence-electron chi connectivity index (χ2n) is 2.74. The van der Waals surface area contributed by atoms with Crippen LogP contribution in [0.25, 0.3) is 6.08 Å². The molecule has 0 spiro atoms. The molecule has 0 fully saturated rings. The van der Waals surface area contributed by atoms with E-state index in [1.54, 1.807) is 12.1 Å². The van der Waals surface area contributed by atoms with Crippen molar-refractivity contribution in [3.63, 3.8) is 0 Å². The van der Waals surface area contributed by atoms with E-state index in [-0.39, 0.29) is 16.8 Å². The van der Waals surface area contributed by atoms with Crippen LogP contribution in [0.3, 0.4) is 0 Å². The molecule has 78 valence electrons. The predicted octanol–water partition coefficient (Wildman–Crippen LogP) is 2.68. The molecule has 0 unspecified atom stereocenters. The Bertz CT molecular complexity index is 536. The van der Waals surface area contributed by atoms with E-state index in [1.165, 1.54) is 18.2 Å². The highest BCUT2D eigenvalue weighted by molar-refractivity contribution is 6.30. The Morgan fingerprint density at radius 3 is 2.56 bits per heavy atom. The molecular weight excluding hydrogens is 230 g/mol. The molecule has 0 atom stereocenters. The van der Waals surface area contributed by atoms with Gasteiger partial charge >= 0.3 is 0 Å². The van der Waals surface area contributed by atoms with Gasteiger partial charge in [0, 0.05) is 11.1 Å². The summed E-state index contributed by atoms with van der Waals surface area (Å²) in [7, 11) is 0. The zero-order valence-corrected chi connectivity index (χ0v) is 8.60. The smallest absolute Gasteiger partial charge is 0.258 e. The standard InChI is InChI=1S/C10H4ClN3O2/c11-9-1-2-10(14(15)16)8(4-9)3-7(5-12)6-13/h1-4H. The molecule has 6 heteroatoms. The maximum absolute atomic E-state index is 10.7. The van der Waals surface area contributed by atoms with Crippen molar-refractivity contribution in [2.75, 3.05) is 0 Å². The van der Waals surface area contributed by atoms with E-state index in [0.717, 1.165) is 6.08 Å². The van der Waals surface area contributed by atoms with Crippen LogP contribution < -0.4 is 0 Å². The lowest BCUT2D eigenvalue weighted by Crippen LogP contribution is -1.91. The number of benzene rings is 1. The normalized spacial score (nSPS) is 8.69. The number of halogens is 1. The van der Waals surface area contributed by atoms with Gasteiger partial charge in [-0.15, -0.1) is 0 Å². The van der Waals surface area contributed by atoms with Crippen LogP contribution >= 0.6 is 11.6 Å². The first kappa shape index (κ1) is 11.7. The van der Waals surface area contributed by atoms with Gasteiger partial charge in [-0.05, 0) is 18.2 Å². The van der Waals surface area contributed by atoms with Crippen LogP contribution in [-0.2, 0) is 0 Å². The molecule has 1 aromatic carbocycles. The highest BCUT2D eigenvalue weighted by atomic mass is 35.5. The van der Waals surface area contributed by atoms with Crippen molar-refractivity contribution < 1.29 is 4.92 Å². The summed E-state index contributed by atoms with van der Waals surface area (Å²) in [5, 5.41) is 28.0. The van der Waals surface area contributed by atoms with Gasteiger partial charge in [-0.2, -0.15) is 10.5 Å². The molecule has 0 aromatic heterocycles. The molecular formula is C10H4ClN3O2. The molecule has 0 radical (unpaired) electrons. The number of allylic oxidation sites excluding steroid dienone is 1. The minimum Gasteiger partial charge on any atom is -0.258 e. The van der Waals surface area contributed by atoms with Crippen LogP contribution in [0, 0.1) is 32.8 Å². The van der Waals surface area contributed by atoms with Crippen molar-refractivity contribution in [1.82, 2.24) is 0 Å². The highest BCUT2D eigenvalue weighted by Gasteiger charge is 2.12. The van der Waals surface area contributed by atoms with E-state index in [9.17, 15) is 10.1 Å². The number of nitrogens with zero attached hydrogens (tertiary/aromatic N) is 3. The summed E-state index contributed by atoms with van der Waals surface area (Å²) in [6.45, 7) is 0. The van der Waals surface area contributed by atoms with Gasteiger partial charge in [-0.3, -0.25) is 10.1 Å². The summed E-state index contributed by atoms with van der Waals surface area (Å²) in [4.78, 5) is 10.1. The fraction of sp³-hybridized carbons (Fsp3) is 0. The zero-order chi connectivity index (χ0) is 12.1. The Kier molecular flexibility index (Phi) is 3.60. The third-order valence-corrected chi connectivity index (χ3v) is 1.96. The molecule has 5 nitrogen and oxygen atoms in total. The van der Waals surface area contributed by atoms with Gasteiger partial charge in [0.2, 0.25) is 0 Å². The monoisotopic (exact) mass is 233 g/mol. The minimum atomic E-state index is -0.603. The van der Waals surface area contributed by atoms with Gasteiger partial charge in [-0.1, -0.05) is 11.6 Å². The predicted molar refractivity (Wildman–Crippen MR) is 57.3 cm³/mol. The van der Waals surface area contributed by atoms with E-state index in [1.807, 2.05) is 0 Å². The zero-order valence-electron chi connectivity index (χ0n) is 7.85. The largest absolute Gasteiger partial charge is 0.276 e. The number of nitro groups is 1. The van der Waals surface area contributed by atoms with Crippen molar-refractivity contribution in [2.24, 2.45) is 0 Å². The van der Waals surface area contributed by atoms with Crippen molar-refractivity contribution in [3.8, 4) is 12.1 Å². The second-order valence-corrected chi connectivity index (χ2v) is 3.18. The first-order valence-corrected chi connectivity index (χ1v) is 4.42. The van der Waals surface area contributed by atoms with Crippen LogP contribution in [0.1, 0.15) is 5.56 Å². The lowest BCUT2D eigenvalue weighted by molar-refractivity contribution is -0.385. The summed E-state index contributed by atoms with van der Waals surface area (Å²) in [6, 6.07) is 7.16. The molecule has 16 heavy (non-hydrogen) atoms. The van der Waals surface area contributed by atoms with Crippen LogP contribution in [-0.4, -0.2) is 4.92 Å². The summed E-state index contributed by atoms with van der Waals surface area (Å²) in [6.07, 6.45) is 1.13.